The van der Waals surface area contributed by atoms with Gasteiger partial charge in [-0.05, 0) is 50.8 Å². The largest absolute Gasteiger partial charge is 0.431 e. The number of nitrogens with zero attached hydrogens (tertiary/aromatic N) is 4. The van der Waals surface area contributed by atoms with E-state index in [4.69, 9.17) is 24.5 Å². The fourth-order valence-electron chi connectivity index (χ4n) is 3.98. The van der Waals surface area contributed by atoms with E-state index in [1.807, 2.05) is 36.6 Å². The number of rotatable bonds is 11. The fraction of sp³-hybridized carbons (Fsp3) is 0.542. The highest BCUT2D eigenvalue weighted by atomic mass is 31.2. The Morgan fingerprint density at radius 3 is 2.75 bits per heavy atom. The molecule has 0 spiro atoms. The molecule has 3 N–H and O–H groups in total. The standard InChI is InChI=1S/C24H35N6O5P/c1-4-19-8-7-9-20(12-19)35-36(31,29-18(3)24-32-10-5-6-11-33-24)16-34-17(2)13-30-15-28-21-22(25)26-14-27-23(21)30/h7-9,12,14-15,17-18,24H,4-6,10-11,13,16H2,1-3H3,(H,29,31)(H2,25,26,27)/t17-,18+,36?/m1/s1. The summed E-state index contributed by atoms with van der Waals surface area (Å²) in [5.41, 5.74) is 8.12. The molecule has 1 aliphatic rings. The lowest BCUT2D eigenvalue weighted by Crippen LogP contribution is -2.40. The Hall–Kier alpha value is -2.56. The van der Waals surface area contributed by atoms with E-state index in [2.05, 4.69) is 27.0 Å². The van der Waals surface area contributed by atoms with Crippen LogP contribution in [0, 0.1) is 0 Å². The van der Waals surface area contributed by atoms with Gasteiger partial charge in [-0.15, -0.1) is 0 Å². The lowest BCUT2D eigenvalue weighted by Gasteiger charge is -2.29. The zero-order chi connectivity index (χ0) is 25.5. The first-order chi connectivity index (χ1) is 17.4. The van der Waals surface area contributed by atoms with Crippen molar-refractivity contribution in [2.24, 2.45) is 0 Å². The van der Waals surface area contributed by atoms with E-state index in [1.165, 1.54) is 6.33 Å². The number of imidazole rings is 1. The molecule has 1 aliphatic heterocycles. The minimum atomic E-state index is -3.51. The number of nitrogens with one attached hydrogen (secondary N) is 1. The Balaban J connectivity index is 1.46. The van der Waals surface area contributed by atoms with Crippen molar-refractivity contribution in [2.75, 3.05) is 25.3 Å². The monoisotopic (exact) mass is 518 g/mol. The summed E-state index contributed by atoms with van der Waals surface area (Å²) in [5, 5.41) is 3.13. The van der Waals surface area contributed by atoms with Crippen molar-refractivity contribution in [3.05, 3.63) is 42.5 Å². The number of ether oxygens (including phenoxy) is 3. The van der Waals surface area contributed by atoms with Crippen LogP contribution in [-0.2, 0) is 31.7 Å². The van der Waals surface area contributed by atoms with Gasteiger partial charge in [-0.25, -0.2) is 20.0 Å². The molecular weight excluding hydrogens is 483 g/mol. The number of fused-ring (bicyclic) bond motifs is 1. The Morgan fingerprint density at radius 2 is 2.00 bits per heavy atom. The number of nitrogen functional groups attached to an aromatic ring is 1. The molecular formula is C24H35N6O5P. The molecule has 0 saturated carbocycles. The maximum Gasteiger partial charge on any atom is 0.342 e. The molecule has 1 fully saturated rings. The molecule has 36 heavy (non-hydrogen) atoms. The molecule has 4 rings (SSSR count). The van der Waals surface area contributed by atoms with Crippen LogP contribution in [0.1, 0.15) is 39.2 Å². The van der Waals surface area contributed by atoms with Crippen LogP contribution in [0.5, 0.6) is 5.75 Å². The van der Waals surface area contributed by atoms with Crippen LogP contribution in [0.2, 0.25) is 0 Å². The topological polar surface area (TPSA) is 136 Å². The maximum atomic E-state index is 14.1. The SMILES string of the molecule is CCc1cccc(OP(=O)(CO[C@H](C)Cn2cnc3c(N)ncnc32)N[C@@H](C)C2OCCCCO2)c1. The van der Waals surface area contributed by atoms with Gasteiger partial charge in [0.25, 0.3) is 0 Å². The fourth-order valence-corrected chi connectivity index (χ4v) is 5.81. The van der Waals surface area contributed by atoms with Crippen molar-refractivity contribution >= 4 is 24.5 Å². The molecule has 12 heteroatoms. The van der Waals surface area contributed by atoms with E-state index >= 15 is 0 Å². The van der Waals surface area contributed by atoms with Gasteiger partial charge in [0.15, 0.2) is 17.8 Å². The zero-order valence-electron chi connectivity index (χ0n) is 21.0. The first kappa shape index (κ1) is 26.5. The molecule has 1 aromatic carbocycles. The Kier molecular flexibility index (Phi) is 8.92. The number of aryl methyl sites for hydroxylation is 1. The van der Waals surface area contributed by atoms with Crippen LogP contribution in [0.25, 0.3) is 11.2 Å². The minimum Gasteiger partial charge on any atom is -0.431 e. The highest BCUT2D eigenvalue weighted by Crippen LogP contribution is 2.44. The number of aromatic nitrogens is 4. The van der Waals surface area contributed by atoms with E-state index in [0.29, 0.717) is 42.5 Å². The summed E-state index contributed by atoms with van der Waals surface area (Å²) in [5.74, 6) is 0.838. The molecule has 0 aliphatic carbocycles. The van der Waals surface area contributed by atoms with Crippen LogP contribution in [0.4, 0.5) is 5.82 Å². The van der Waals surface area contributed by atoms with Crippen molar-refractivity contribution in [2.45, 2.75) is 65.0 Å². The third-order valence-corrected chi connectivity index (χ3v) is 7.68. The smallest absolute Gasteiger partial charge is 0.342 e. The third kappa shape index (κ3) is 6.80. The van der Waals surface area contributed by atoms with Crippen LogP contribution < -0.4 is 15.3 Å². The van der Waals surface area contributed by atoms with Crippen LogP contribution in [0.3, 0.4) is 0 Å². The van der Waals surface area contributed by atoms with Crippen LogP contribution in [-0.4, -0.2) is 57.5 Å². The molecule has 3 atom stereocenters. The van der Waals surface area contributed by atoms with Gasteiger partial charge in [0, 0.05) is 13.2 Å². The number of benzene rings is 1. The quantitative estimate of drug-likeness (QED) is 0.361. The minimum absolute atomic E-state index is 0.147. The number of anilines is 1. The summed E-state index contributed by atoms with van der Waals surface area (Å²) in [6, 6.07) is 7.20. The molecule has 196 valence electrons. The van der Waals surface area contributed by atoms with Gasteiger partial charge in [0.05, 0.1) is 25.0 Å². The second-order valence-corrected chi connectivity index (χ2v) is 11.0. The summed E-state index contributed by atoms with van der Waals surface area (Å²) in [4.78, 5) is 12.5. The lowest BCUT2D eigenvalue weighted by molar-refractivity contribution is -0.138. The van der Waals surface area contributed by atoms with E-state index in [-0.39, 0.29) is 18.5 Å². The van der Waals surface area contributed by atoms with Gasteiger partial charge in [-0.1, -0.05) is 19.1 Å². The Bertz CT molecular complexity index is 1180. The summed E-state index contributed by atoms with van der Waals surface area (Å²) in [6.07, 6.45) is 4.76. The van der Waals surface area contributed by atoms with Gasteiger partial charge in [0.1, 0.15) is 23.9 Å². The number of hydrogen-bond acceptors (Lipinski definition) is 9. The third-order valence-electron chi connectivity index (χ3n) is 5.88. The molecule has 0 amide bonds. The summed E-state index contributed by atoms with van der Waals surface area (Å²) in [6.45, 7) is 7.45. The van der Waals surface area contributed by atoms with Crippen molar-refractivity contribution in [3.63, 3.8) is 0 Å². The normalized spacial score (nSPS) is 18.4. The molecule has 0 radical (unpaired) electrons. The zero-order valence-corrected chi connectivity index (χ0v) is 21.9. The Morgan fingerprint density at radius 1 is 1.22 bits per heavy atom. The number of hydrogen-bond donors (Lipinski definition) is 2. The molecule has 2 aromatic heterocycles. The second-order valence-electron chi connectivity index (χ2n) is 8.93. The average molecular weight is 519 g/mol. The van der Waals surface area contributed by atoms with Crippen molar-refractivity contribution < 1.29 is 23.3 Å². The highest BCUT2D eigenvalue weighted by Gasteiger charge is 2.33. The van der Waals surface area contributed by atoms with E-state index in [0.717, 1.165) is 24.8 Å². The van der Waals surface area contributed by atoms with Crippen molar-refractivity contribution in [1.29, 1.82) is 0 Å². The molecule has 1 saturated heterocycles. The van der Waals surface area contributed by atoms with E-state index < -0.39 is 13.8 Å². The second kappa shape index (κ2) is 12.1. The van der Waals surface area contributed by atoms with Crippen LogP contribution in [0.15, 0.2) is 36.9 Å². The lowest BCUT2D eigenvalue weighted by atomic mass is 10.2. The molecule has 0 bridgehead atoms. The number of nitrogens with two attached hydrogens (primary N) is 1. The maximum absolute atomic E-state index is 14.1. The van der Waals surface area contributed by atoms with Gasteiger partial charge >= 0.3 is 7.52 Å². The first-order valence-corrected chi connectivity index (χ1v) is 14.1. The van der Waals surface area contributed by atoms with Gasteiger partial charge in [-0.2, -0.15) is 0 Å². The predicted molar refractivity (Wildman–Crippen MR) is 137 cm³/mol. The molecule has 3 aromatic rings. The van der Waals surface area contributed by atoms with E-state index in [1.54, 1.807) is 12.4 Å². The summed E-state index contributed by atoms with van der Waals surface area (Å²) < 4.78 is 39.6. The van der Waals surface area contributed by atoms with Gasteiger partial charge in [0.2, 0.25) is 0 Å². The molecule has 3 heterocycles. The van der Waals surface area contributed by atoms with E-state index in [9.17, 15) is 4.57 Å². The summed E-state index contributed by atoms with van der Waals surface area (Å²) >= 11 is 0. The van der Waals surface area contributed by atoms with Crippen molar-refractivity contribution in [3.8, 4) is 5.75 Å². The molecule has 1 unspecified atom stereocenters. The predicted octanol–water partition coefficient (Wildman–Crippen LogP) is 3.74. The Labute approximate surface area is 211 Å². The van der Waals surface area contributed by atoms with Crippen LogP contribution >= 0.6 is 7.52 Å². The van der Waals surface area contributed by atoms with Gasteiger partial charge in [-0.3, -0.25) is 4.57 Å². The highest BCUT2D eigenvalue weighted by molar-refractivity contribution is 7.57. The average Bonchev–Trinajstić information content (AvgIpc) is 3.08. The van der Waals surface area contributed by atoms with Gasteiger partial charge < -0.3 is 29.0 Å². The molecule has 11 nitrogen and oxygen atoms in total. The van der Waals surface area contributed by atoms with Crippen molar-refractivity contribution in [1.82, 2.24) is 24.6 Å². The first-order valence-electron chi connectivity index (χ1n) is 12.3. The summed E-state index contributed by atoms with van der Waals surface area (Å²) in [7, 11) is -3.51.